The van der Waals surface area contributed by atoms with E-state index in [1.165, 1.54) is 4.90 Å². The van der Waals surface area contributed by atoms with Crippen molar-refractivity contribution in [3.63, 3.8) is 0 Å². The molecule has 138 valence electrons. The highest BCUT2D eigenvalue weighted by molar-refractivity contribution is 6.35. The summed E-state index contributed by atoms with van der Waals surface area (Å²) < 4.78 is 0. The van der Waals surface area contributed by atoms with Crippen LogP contribution in [0.25, 0.3) is 0 Å². The van der Waals surface area contributed by atoms with Gasteiger partial charge in [0, 0.05) is 27.3 Å². The van der Waals surface area contributed by atoms with Gasteiger partial charge >= 0.3 is 0 Å². The fourth-order valence-corrected chi connectivity index (χ4v) is 3.74. The van der Waals surface area contributed by atoms with E-state index in [1.807, 2.05) is 24.3 Å². The molecule has 4 nitrogen and oxygen atoms in total. The number of piperazine rings is 1. The third kappa shape index (κ3) is 5.27. The van der Waals surface area contributed by atoms with Crippen molar-refractivity contribution >= 4 is 46.4 Å². The molecule has 0 atom stereocenters. The van der Waals surface area contributed by atoms with E-state index in [2.05, 4.69) is 16.3 Å². The molecule has 1 fully saturated rings. The molecule has 3 rings (SSSR count). The molecule has 26 heavy (non-hydrogen) atoms. The minimum absolute atomic E-state index is 0.0298. The van der Waals surface area contributed by atoms with Gasteiger partial charge in [-0.3, -0.25) is 4.79 Å². The van der Waals surface area contributed by atoms with Crippen LogP contribution in [0.4, 0.5) is 5.69 Å². The van der Waals surface area contributed by atoms with E-state index in [-0.39, 0.29) is 5.91 Å². The lowest BCUT2D eigenvalue weighted by atomic mass is 10.2. The predicted molar refractivity (Wildman–Crippen MR) is 108 cm³/mol. The Morgan fingerprint density at radius 3 is 2.46 bits per heavy atom. The van der Waals surface area contributed by atoms with Gasteiger partial charge in [-0.2, -0.15) is 0 Å². The fraction of sp³-hybridized carbons (Fsp3) is 0.316. The maximum Gasteiger partial charge on any atom is 0.275 e. The second-order valence-corrected chi connectivity index (χ2v) is 7.69. The van der Waals surface area contributed by atoms with Crippen LogP contribution >= 0.6 is 34.8 Å². The maximum absolute atomic E-state index is 12.2. The molecule has 1 heterocycles. The molecular weight excluding hydrogens is 393 g/mol. The zero-order valence-electron chi connectivity index (χ0n) is 14.3. The predicted octanol–water partition coefficient (Wildman–Crippen LogP) is 2.67. The Bertz CT molecular complexity index is 776. The lowest BCUT2D eigenvalue weighted by Crippen LogP contribution is -3.15. The summed E-state index contributed by atoms with van der Waals surface area (Å²) in [4.78, 5) is 15.8. The monoisotopic (exact) mass is 412 g/mol. The van der Waals surface area contributed by atoms with E-state index in [1.54, 1.807) is 12.1 Å². The molecule has 0 unspecified atom stereocenters. The van der Waals surface area contributed by atoms with Gasteiger partial charge in [0.1, 0.15) is 0 Å². The van der Waals surface area contributed by atoms with Crippen LogP contribution in [0.2, 0.25) is 15.1 Å². The number of benzene rings is 2. The number of carbonyl (C=O) groups excluding carboxylic acids is 1. The number of nitrogens with zero attached hydrogens (tertiary/aromatic N) is 1. The first kappa shape index (κ1) is 19.3. The normalized spacial score (nSPS) is 15.1. The summed E-state index contributed by atoms with van der Waals surface area (Å²) in [5.41, 5.74) is 2.00. The first-order chi connectivity index (χ1) is 12.5. The lowest BCUT2D eigenvalue weighted by molar-refractivity contribution is -0.892. The van der Waals surface area contributed by atoms with Crippen molar-refractivity contribution in [1.82, 2.24) is 5.32 Å². The second-order valence-electron chi connectivity index (χ2n) is 6.41. The van der Waals surface area contributed by atoms with Crippen molar-refractivity contribution in [2.45, 2.75) is 6.54 Å². The Balaban J connectivity index is 1.44. The minimum Gasteiger partial charge on any atom is -0.360 e. The lowest BCUT2D eigenvalue weighted by Gasteiger charge is -2.33. The van der Waals surface area contributed by atoms with Gasteiger partial charge in [0.05, 0.1) is 26.2 Å². The molecule has 7 heteroatoms. The van der Waals surface area contributed by atoms with Crippen molar-refractivity contribution in [2.75, 3.05) is 37.6 Å². The molecule has 2 N–H and O–H groups in total. The van der Waals surface area contributed by atoms with Gasteiger partial charge in [0.15, 0.2) is 6.54 Å². The molecule has 0 saturated carbocycles. The van der Waals surface area contributed by atoms with Crippen LogP contribution in [0.15, 0.2) is 42.5 Å². The molecule has 1 aliphatic rings. The standard InChI is InChI=1S/C19H20Cl3N3O/c20-15-2-1-3-17(10-15)25-8-6-24(7-9-25)13-19(26)23-12-14-4-5-16(21)11-18(14)22/h1-5,10-11H,6-9,12-13H2,(H,23,26)/p+1. The van der Waals surface area contributed by atoms with Crippen LogP contribution in [0.3, 0.4) is 0 Å². The smallest absolute Gasteiger partial charge is 0.275 e. The number of anilines is 1. The molecule has 0 spiro atoms. The first-order valence-corrected chi connectivity index (χ1v) is 9.69. The van der Waals surface area contributed by atoms with E-state index in [0.717, 1.165) is 42.5 Å². The zero-order chi connectivity index (χ0) is 18.5. The average molecular weight is 414 g/mol. The van der Waals surface area contributed by atoms with E-state index in [4.69, 9.17) is 34.8 Å². The van der Waals surface area contributed by atoms with Gasteiger partial charge in [0.2, 0.25) is 0 Å². The Hall–Kier alpha value is -1.46. The Kier molecular flexibility index (Phi) is 6.65. The average Bonchev–Trinajstić information content (AvgIpc) is 2.61. The highest BCUT2D eigenvalue weighted by Crippen LogP contribution is 2.21. The first-order valence-electron chi connectivity index (χ1n) is 8.56. The third-order valence-electron chi connectivity index (χ3n) is 4.55. The molecule has 0 aliphatic carbocycles. The van der Waals surface area contributed by atoms with Crippen molar-refractivity contribution in [1.29, 1.82) is 0 Å². The van der Waals surface area contributed by atoms with Gasteiger partial charge in [-0.25, -0.2) is 0 Å². The van der Waals surface area contributed by atoms with Gasteiger partial charge in [-0.1, -0.05) is 46.9 Å². The highest BCUT2D eigenvalue weighted by Gasteiger charge is 2.22. The summed E-state index contributed by atoms with van der Waals surface area (Å²) in [5, 5.41) is 4.85. The number of carbonyl (C=O) groups is 1. The topological polar surface area (TPSA) is 36.8 Å². The van der Waals surface area contributed by atoms with Crippen LogP contribution < -0.4 is 15.1 Å². The van der Waals surface area contributed by atoms with Crippen LogP contribution in [0.1, 0.15) is 5.56 Å². The molecule has 0 aromatic heterocycles. The van der Waals surface area contributed by atoms with E-state index < -0.39 is 0 Å². The maximum atomic E-state index is 12.2. The summed E-state index contributed by atoms with van der Waals surface area (Å²) >= 11 is 18.1. The summed E-state index contributed by atoms with van der Waals surface area (Å²) in [6, 6.07) is 13.2. The van der Waals surface area contributed by atoms with Crippen molar-refractivity contribution in [3.05, 3.63) is 63.1 Å². The summed E-state index contributed by atoms with van der Waals surface area (Å²) in [6.07, 6.45) is 0. The number of rotatable bonds is 5. The van der Waals surface area contributed by atoms with Gasteiger partial charge in [0.25, 0.3) is 5.91 Å². The number of quaternary nitrogens is 1. The fourth-order valence-electron chi connectivity index (χ4n) is 3.08. The number of nitrogens with one attached hydrogen (secondary N) is 2. The Morgan fingerprint density at radius 1 is 1.04 bits per heavy atom. The Labute approximate surface area is 168 Å². The van der Waals surface area contributed by atoms with Crippen LogP contribution in [-0.2, 0) is 11.3 Å². The minimum atomic E-state index is 0.0298. The molecule has 1 aliphatic heterocycles. The molecular formula is C19H21Cl3N3O+. The number of hydrogen-bond acceptors (Lipinski definition) is 2. The van der Waals surface area contributed by atoms with Crippen molar-refractivity contribution in [2.24, 2.45) is 0 Å². The summed E-state index contributed by atoms with van der Waals surface area (Å²) in [5.74, 6) is 0.0298. The molecule has 1 saturated heterocycles. The molecule has 1 amide bonds. The van der Waals surface area contributed by atoms with E-state index in [0.29, 0.717) is 23.1 Å². The molecule has 2 aromatic carbocycles. The van der Waals surface area contributed by atoms with Gasteiger partial charge in [-0.15, -0.1) is 0 Å². The van der Waals surface area contributed by atoms with Crippen LogP contribution in [0.5, 0.6) is 0 Å². The van der Waals surface area contributed by atoms with E-state index in [9.17, 15) is 4.79 Å². The van der Waals surface area contributed by atoms with Crippen LogP contribution in [0, 0.1) is 0 Å². The van der Waals surface area contributed by atoms with Crippen LogP contribution in [-0.4, -0.2) is 38.6 Å². The van der Waals surface area contributed by atoms with E-state index >= 15 is 0 Å². The number of hydrogen-bond donors (Lipinski definition) is 2. The zero-order valence-corrected chi connectivity index (χ0v) is 16.5. The number of halogens is 3. The van der Waals surface area contributed by atoms with Gasteiger partial charge in [-0.05, 0) is 35.9 Å². The van der Waals surface area contributed by atoms with Gasteiger partial charge < -0.3 is 15.1 Å². The molecule has 2 aromatic rings. The van der Waals surface area contributed by atoms with Crippen molar-refractivity contribution in [3.8, 4) is 0 Å². The van der Waals surface area contributed by atoms with Crippen molar-refractivity contribution < 1.29 is 9.69 Å². The Morgan fingerprint density at radius 2 is 1.77 bits per heavy atom. The highest BCUT2D eigenvalue weighted by atomic mass is 35.5. The second kappa shape index (κ2) is 8.96. The molecule has 0 bridgehead atoms. The molecule has 0 radical (unpaired) electrons. The largest absolute Gasteiger partial charge is 0.360 e. The summed E-state index contributed by atoms with van der Waals surface area (Å²) in [6.45, 7) is 4.53. The SMILES string of the molecule is O=C(C[NH+]1CCN(c2cccc(Cl)c2)CC1)NCc1ccc(Cl)cc1Cl. The summed E-state index contributed by atoms with van der Waals surface area (Å²) in [7, 11) is 0. The third-order valence-corrected chi connectivity index (χ3v) is 5.37. The quantitative estimate of drug-likeness (QED) is 0.791. The number of amides is 1.